The molecule has 3 rings (SSSR count). The van der Waals surface area contributed by atoms with Gasteiger partial charge in [0.05, 0.1) is 6.54 Å². The van der Waals surface area contributed by atoms with Gasteiger partial charge in [0.1, 0.15) is 0 Å². The highest BCUT2D eigenvalue weighted by Gasteiger charge is 2.42. The van der Waals surface area contributed by atoms with Crippen LogP contribution in [-0.2, 0) is 0 Å². The van der Waals surface area contributed by atoms with Gasteiger partial charge in [-0.2, -0.15) is 0 Å². The maximum absolute atomic E-state index is 5.76. The maximum atomic E-state index is 5.76. The highest BCUT2D eigenvalue weighted by atomic mass is 16.7. The molecule has 0 aliphatic carbocycles. The van der Waals surface area contributed by atoms with Gasteiger partial charge >= 0.3 is 5.79 Å². The molecule has 2 heterocycles. The lowest BCUT2D eigenvalue weighted by Gasteiger charge is -2.22. The molecule has 15 heavy (non-hydrogen) atoms. The van der Waals surface area contributed by atoms with Crippen molar-refractivity contribution in [1.82, 2.24) is 5.32 Å². The van der Waals surface area contributed by atoms with E-state index in [4.69, 9.17) is 9.47 Å². The van der Waals surface area contributed by atoms with Gasteiger partial charge in [0.2, 0.25) is 0 Å². The van der Waals surface area contributed by atoms with Crippen molar-refractivity contribution in [2.45, 2.75) is 12.7 Å². The van der Waals surface area contributed by atoms with Crippen LogP contribution in [0.4, 0.5) is 0 Å². The van der Waals surface area contributed by atoms with Crippen LogP contribution in [0.3, 0.4) is 0 Å². The fourth-order valence-electron chi connectivity index (χ4n) is 1.86. The van der Waals surface area contributed by atoms with Gasteiger partial charge in [-0.1, -0.05) is 12.1 Å². The Bertz CT molecular complexity index is 403. The van der Waals surface area contributed by atoms with Gasteiger partial charge in [0.25, 0.3) is 0 Å². The Hall–Kier alpha value is -1.71. The molecule has 0 aromatic heterocycles. The van der Waals surface area contributed by atoms with Crippen LogP contribution in [0, 0.1) is 0 Å². The van der Waals surface area contributed by atoms with Gasteiger partial charge in [-0.3, -0.25) is 4.99 Å². The largest absolute Gasteiger partial charge is 0.442 e. The third-order valence-electron chi connectivity index (χ3n) is 2.56. The normalized spacial score (nSPS) is 21.0. The van der Waals surface area contributed by atoms with Gasteiger partial charge in [-0.25, -0.2) is 0 Å². The number of para-hydroxylation sites is 2. The van der Waals surface area contributed by atoms with Crippen LogP contribution >= 0.6 is 0 Å². The first-order chi connectivity index (χ1) is 7.28. The Morgan fingerprint density at radius 2 is 1.93 bits per heavy atom. The van der Waals surface area contributed by atoms with E-state index in [2.05, 4.69) is 10.3 Å². The second-order valence-corrected chi connectivity index (χ2v) is 3.75. The van der Waals surface area contributed by atoms with Crippen molar-refractivity contribution >= 4 is 5.84 Å². The minimum atomic E-state index is -0.778. The van der Waals surface area contributed by atoms with Crippen molar-refractivity contribution in [1.29, 1.82) is 0 Å². The molecule has 1 aromatic rings. The van der Waals surface area contributed by atoms with E-state index in [9.17, 15) is 0 Å². The molecule has 0 bridgehead atoms. The molecule has 1 aromatic carbocycles. The molecule has 0 atom stereocenters. The summed E-state index contributed by atoms with van der Waals surface area (Å²) in [4.78, 5) is 4.33. The average molecular weight is 204 g/mol. The molecule has 2 aliphatic rings. The number of rotatable bonds is 1. The summed E-state index contributed by atoms with van der Waals surface area (Å²) in [5.41, 5.74) is 0. The Balaban J connectivity index is 1.94. The van der Waals surface area contributed by atoms with E-state index < -0.39 is 5.79 Å². The zero-order valence-electron chi connectivity index (χ0n) is 8.49. The van der Waals surface area contributed by atoms with Crippen LogP contribution in [-0.4, -0.2) is 24.7 Å². The topological polar surface area (TPSA) is 42.9 Å². The van der Waals surface area contributed by atoms with Crippen LogP contribution in [0.15, 0.2) is 29.3 Å². The fourth-order valence-corrected chi connectivity index (χ4v) is 1.86. The number of ether oxygens (including phenoxy) is 2. The molecule has 4 nitrogen and oxygen atoms in total. The van der Waals surface area contributed by atoms with Crippen molar-refractivity contribution in [3.63, 3.8) is 0 Å². The monoisotopic (exact) mass is 204 g/mol. The van der Waals surface area contributed by atoms with E-state index in [0.717, 1.165) is 30.4 Å². The molecule has 0 saturated carbocycles. The van der Waals surface area contributed by atoms with Gasteiger partial charge in [-0.05, 0) is 12.1 Å². The van der Waals surface area contributed by atoms with Crippen LogP contribution in [0.1, 0.15) is 6.92 Å². The molecule has 0 fully saturated rings. The van der Waals surface area contributed by atoms with Crippen molar-refractivity contribution in [2.24, 2.45) is 4.99 Å². The summed E-state index contributed by atoms with van der Waals surface area (Å²) in [5, 5.41) is 3.17. The second kappa shape index (κ2) is 2.89. The first kappa shape index (κ1) is 8.59. The SMILES string of the molecule is CC1(C2=NCCN2)Oc2ccccc2O1. The number of hydrogen-bond acceptors (Lipinski definition) is 4. The lowest BCUT2D eigenvalue weighted by Crippen LogP contribution is -2.49. The predicted octanol–water partition coefficient (Wildman–Crippen LogP) is 1.18. The lowest BCUT2D eigenvalue weighted by molar-refractivity contribution is 0.00343. The van der Waals surface area contributed by atoms with Crippen molar-refractivity contribution in [3.05, 3.63) is 24.3 Å². The van der Waals surface area contributed by atoms with E-state index in [1.54, 1.807) is 0 Å². The zero-order chi connectivity index (χ0) is 10.3. The van der Waals surface area contributed by atoms with E-state index >= 15 is 0 Å². The minimum absolute atomic E-state index is 0.774. The summed E-state index contributed by atoms with van der Waals surface area (Å²) in [5.74, 6) is 1.55. The molecule has 4 heteroatoms. The average Bonchev–Trinajstić information content (AvgIpc) is 2.83. The number of nitrogens with zero attached hydrogens (tertiary/aromatic N) is 1. The summed E-state index contributed by atoms with van der Waals surface area (Å²) in [6, 6.07) is 7.65. The Kier molecular flexibility index (Phi) is 1.65. The predicted molar refractivity (Wildman–Crippen MR) is 56.4 cm³/mol. The summed E-state index contributed by atoms with van der Waals surface area (Å²) < 4.78 is 11.5. The van der Waals surface area contributed by atoms with E-state index in [1.165, 1.54) is 0 Å². The Morgan fingerprint density at radius 3 is 2.47 bits per heavy atom. The van der Waals surface area contributed by atoms with Crippen LogP contribution in [0.5, 0.6) is 11.5 Å². The van der Waals surface area contributed by atoms with Crippen LogP contribution in [0.2, 0.25) is 0 Å². The molecule has 78 valence electrons. The van der Waals surface area contributed by atoms with Gasteiger partial charge < -0.3 is 14.8 Å². The zero-order valence-corrected chi connectivity index (χ0v) is 8.49. The summed E-state index contributed by atoms with van der Waals surface area (Å²) in [6.07, 6.45) is 0. The second-order valence-electron chi connectivity index (χ2n) is 3.75. The first-order valence-corrected chi connectivity index (χ1v) is 5.04. The summed E-state index contributed by atoms with van der Waals surface area (Å²) >= 11 is 0. The van der Waals surface area contributed by atoms with Gasteiger partial charge in [0.15, 0.2) is 17.3 Å². The molecule has 0 amide bonds. The van der Waals surface area contributed by atoms with Crippen LogP contribution in [0.25, 0.3) is 0 Å². The first-order valence-electron chi connectivity index (χ1n) is 5.04. The summed E-state index contributed by atoms with van der Waals surface area (Å²) in [7, 11) is 0. The number of benzene rings is 1. The third kappa shape index (κ3) is 1.25. The van der Waals surface area contributed by atoms with Gasteiger partial charge in [-0.15, -0.1) is 0 Å². The van der Waals surface area contributed by atoms with Crippen molar-refractivity contribution in [3.8, 4) is 11.5 Å². The number of aliphatic imine (C=N–C) groups is 1. The quantitative estimate of drug-likeness (QED) is 0.746. The molecule has 0 radical (unpaired) electrons. The Morgan fingerprint density at radius 1 is 1.27 bits per heavy atom. The molecular formula is C11H12N2O2. The van der Waals surface area contributed by atoms with Crippen molar-refractivity contribution < 1.29 is 9.47 Å². The number of hydrogen-bond donors (Lipinski definition) is 1. The number of nitrogens with one attached hydrogen (secondary N) is 1. The minimum Gasteiger partial charge on any atom is -0.442 e. The van der Waals surface area contributed by atoms with E-state index in [-0.39, 0.29) is 0 Å². The molecule has 1 N–H and O–H groups in total. The highest BCUT2D eigenvalue weighted by molar-refractivity contribution is 5.91. The fraction of sp³-hybridized carbons (Fsp3) is 0.364. The smallest absolute Gasteiger partial charge is 0.307 e. The molecule has 0 spiro atoms. The molecule has 2 aliphatic heterocycles. The highest BCUT2D eigenvalue weighted by Crippen LogP contribution is 2.39. The molecular weight excluding hydrogens is 192 g/mol. The summed E-state index contributed by atoms with van der Waals surface area (Å²) in [6.45, 7) is 3.52. The van der Waals surface area contributed by atoms with Gasteiger partial charge in [0, 0.05) is 13.5 Å². The molecule has 0 unspecified atom stereocenters. The lowest BCUT2D eigenvalue weighted by atomic mass is 10.3. The van der Waals surface area contributed by atoms with E-state index in [1.807, 2.05) is 31.2 Å². The number of fused-ring (bicyclic) bond motifs is 1. The van der Waals surface area contributed by atoms with E-state index in [0.29, 0.717) is 0 Å². The maximum Gasteiger partial charge on any atom is 0.307 e. The standard InChI is InChI=1S/C11H12N2O2/c1-11(10-12-6-7-13-10)14-8-4-2-3-5-9(8)15-11/h2-5H,6-7H2,1H3,(H,12,13). The van der Waals surface area contributed by atoms with Crippen LogP contribution < -0.4 is 14.8 Å². The Labute approximate surface area is 87.9 Å². The van der Waals surface area contributed by atoms with Crippen molar-refractivity contribution in [2.75, 3.05) is 13.1 Å². The molecule has 0 saturated heterocycles. The third-order valence-corrected chi connectivity index (χ3v) is 2.56. The number of amidine groups is 1.